The Balaban J connectivity index is 1.48. The summed E-state index contributed by atoms with van der Waals surface area (Å²) < 4.78 is 9.59. The van der Waals surface area contributed by atoms with Crippen LogP contribution in [0.2, 0.25) is 0 Å². The molecule has 0 aromatic carbocycles. The van der Waals surface area contributed by atoms with Gasteiger partial charge in [0, 0.05) is 33.1 Å². The zero-order valence-electron chi connectivity index (χ0n) is 16.4. The van der Waals surface area contributed by atoms with Crippen LogP contribution in [0.5, 0.6) is 5.88 Å². The molecule has 1 unspecified atom stereocenters. The Hall–Kier alpha value is -3.50. The Morgan fingerprint density at radius 3 is 2.72 bits per heavy atom. The summed E-state index contributed by atoms with van der Waals surface area (Å²) in [7, 11) is 2.94. The molecule has 0 N–H and O–H groups in total. The summed E-state index contributed by atoms with van der Waals surface area (Å²) in [5, 5.41) is 7.95. The second-order valence-corrected chi connectivity index (χ2v) is 7.13. The molecule has 29 heavy (non-hydrogen) atoms. The van der Waals surface area contributed by atoms with Gasteiger partial charge in [0.15, 0.2) is 11.2 Å². The molecule has 1 aliphatic rings. The van der Waals surface area contributed by atoms with E-state index < -0.39 is 11.2 Å². The second kappa shape index (κ2) is 7.15. The quantitative estimate of drug-likeness (QED) is 0.564. The van der Waals surface area contributed by atoms with Crippen LogP contribution < -0.4 is 16.0 Å². The van der Waals surface area contributed by atoms with E-state index in [4.69, 9.17) is 4.74 Å². The Labute approximate surface area is 165 Å². The van der Waals surface area contributed by atoms with Gasteiger partial charge >= 0.3 is 5.69 Å². The number of imidazole rings is 1. The standard InChI is InChI=1S/C18H21N7O4/c1-11-4-5-13(21-20-11)29-12-6-7-24(8-12)14(26)9-25-10-19-16-15(25)17(27)23(3)18(28)22(16)2/h4-5,10,12H,6-9H2,1-3H3. The smallest absolute Gasteiger partial charge is 0.332 e. The van der Waals surface area contributed by atoms with Crippen LogP contribution in [0.15, 0.2) is 28.0 Å². The van der Waals surface area contributed by atoms with Crippen molar-refractivity contribution in [2.75, 3.05) is 13.1 Å². The van der Waals surface area contributed by atoms with E-state index in [1.54, 1.807) is 18.0 Å². The number of likely N-dealkylation sites (tertiary alicyclic amines) is 1. The van der Waals surface area contributed by atoms with Gasteiger partial charge in [0.1, 0.15) is 12.6 Å². The number of carbonyl (C=O) groups is 1. The van der Waals surface area contributed by atoms with Gasteiger partial charge in [-0.3, -0.25) is 18.7 Å². The minimum atomic E-state index is -0.478. The molecular formula is C18H21N7O4. The zero-order valence-corrected chi connectivity index (χ0v) is 16.4. The zero-order chi connectivity index (χ0) is 20.7. The van der Waals surface area contributed by atoms with Gasteiger partial charge in [0.2, 0.25) is 11.8 Å². The Bertz CT molecular complexity index is 1190. The molecule has 4 heterocycles. The summed E-state index contributed by atoms with van der Waals surface area (Å²) in [4.78, 5) is 43.1. The lowest BCUT2D eigenvalue weighted by molar-refractivity contribution is -0.131. The van der Waals surface area contributed by atoms with E-state index in [1.165, 1.54) is 22.5 Å². The van der Waals surface area contributed by atoms with Gasteiger partial charge < -0.3 is 14.2 Å². The van der Waals surface area contributed by atoms with Crippen LogP contribution in [0.25, 0.3) is 11.2 Å². The molecule has 0 aliphatic carbocycles. The molecule has 152 valence electrons. The van der Waals surface area contributed by atoms with Crippen molar-refractivity contribution in [3.63, 3.8) is 0 Å². The van der Waals surface area contributed by atoms with Crippen molar-refractivity contribution in [2.24, 2.45) is 14.1 Å². The lowest BCUT2D eigenvalue weighted by Crippen LogP contribution is -2.38. The highest BCUT2D eigenvalue weighted by Gasteiger charge is 2.28. The Morgan fingerprint density at radius 2 is 2.00 bits per heavy atom. The minimum absolute atomic E-state index is 0.0407. The van der Waals surface area contributed by atoms with Gasteiger partial charge in [-0.05, 0) is 13.0 Å². The molecule has 1 atom stereocenters. The lowest BCUT2D eigenvalue weighted by atomic mass is 10.3. The normalized spacial score (nSPS) is 16.5. The van der Waals surface area contributed by atoms with Crippen LogP contribution in [0.4, 0.5) is 0 Å². The SMILES string of the molecule is Cc1ccc(OC2CCN(C(=O)Cn3cnc4c3c(=O)n(C)c(=O)n4C)C2)nn1. The predicted octanol–water partition coefficient (Wildman–Crippen LogP) is -0.788. The maximum absolute atomic E-state index is 12.8. The van der Waals surface area contributed by atoms with Gasteiger partial charge in [0.25, 0.3) is 5.56 Å². The van der Waals surface area contributed by atoms with Crippen molar-refractivity contribution in [2.45, 2.75) is 26.0 Å². The molecule has 1 saturated heterocycles. The van der Waals surface area contributed by atoms with Gasteiger partial charge in [0.05, 0.1) is 18.6 Å². The molecule has 0 radical (unpaired) electrons. The summed E-state index contributed by atoms with van der Waals surface area (Å²) >= 11 is 0. The molecule has 1 fully saturated rings. The van der Waals surface area contributed by atoms with Crippen LogP contribution in [0.3, 0.4) is 0 Å². The van der Waals surface area contributed by atoms with Gasteiger partial charge in [-0.25, -0.2) is 9.78 Å². The first-order valence-electron chi connectivity index (χ1n) is 9.20. The number of carbonyl (C=O) groups excluding carboxylic acids is 1. The number of aromatic nitrogens is 6. The second-order valence-electron chi connectivity index (χ2n) is 7.13. The van der Waals surface area contributed by atoms with Crippen molar-refractivity contribution in [1.29, 1.82) is 0 Å². The molecule has 3 aromatic rings. The van der Waals surface area contributed by atoms with Gasteiger partial charge in [-0.1, -0.05) is 0 Å². The van der Waals surface area contributed by atoms with E-state index in [9.17, 15) is 14.4 Å². The molecule has 0 bridgehead atoms. The first-order valence-corrected chi connectivity index (χ1v) is 9.20. The number of fused-ring (bicyclic) bond motifs is 1. The van der Waals surface area contributed by atoms with Crippen LogP contribution in [-0.2, 0) is 25.4 Å². The molecule has 0 spiro atoms. The van der Waals surface area contributed by atoms with Crippen molar-refractivity contribution in [3.8, 4) is 5.88 Å². The number of nitrogens with zero attached hydrogens (tertiary/aromatic N) is 7. The van der Waals surface area contributed by atoms with Crippen molar-refractivity contribution in [1.82, 2.24) is 33.8 Å². The van der Waals surface area contributed by atoms with E-state index in [2.05, 4.69) is 15.2 Å². The van der Waals surface area contributed by atoms with Gasteiger partial charge in [-0.2, -0.15) is 5.10 Å². The number of ether oxygens (including phenoxy) is 1. The van der Waals surface area contributed by atoms with E-state index in [-0.39, 0.29) is 29.7 Å². The maximum atomic E-state index is 12.8. The molecule has 0 saturated carbocycles. The van der Waals surface area contributed by atoms with Crippen LogP contribution in [0, 0.1) is 6.92 Å². The molecule has 1 aliphatic heterocycles. The number of amides is 1. The number of rotatable bonds is 4. The lowest BCUT2D eigenvalue weighted by Gasteiger charge is -2.17. The average Bonchev–Trinajstić information content (AvgIpc) is 3.34. The molecule has 4 rings (SSSR count). The molecular weight excluding hydrogens is 378 g/mol. The highest BCUT2D eigenvalue weighted by molar-refractivity contribution is 5.79. The number of hydrogen-bond acceptors (Lipinski definition) is 7. The number of aryl methyl sites for hydroxylation is 2. The summed E-state index contributed by atoms with van der Waals surface area (Å²) in [5.74, 6) is 0.279. The maximum Gasteiger partial charge on any atom is 0.332 e. The van der Waals surface area contributed by atoms with E-state index >= 15 is 0 Å². The van der Waals surface area contributed by atoms with Gasteiger partial charge in [-0.15, -0.1) is 5.10 Å². The van der Waals surface area contributed by atoms with E-state index in [1.807, 2.05) is 13.0 Å². The predicted molar refractivity (Wildman–Crippen MR) is 103 cm³/mol. The fourth-order valence-electron chi connectivity index (χ4n) is 3.43. The monoisotopic (exact) mass is 399 g/mol. The molecule has 3 aromatic heterocycles. The highest BCUT2D eigenvalue weighted by Crippen LogP contribution is 2.17. The van der Waals surface area contributed by atoms with E-state index in [0.717, 1.165) is 10.3 Å². The molecule has 11 heteroatoms. The minimum Gasteiger partial charge on any atom is -0.471 e. The average molecular weight is 399 g/mol. The third kappa shape index (κ3) is 3.39. The van der Waals surface area contributed by atoms with Crippen molar-refractivity contribution < 1.29 is 9.53 Å². The first-order chi connectivity index (χ1) is 13.8. The number of hydrogen-bond donors (Lipinski definition) is 0. The van der Waals surface area contributed by atoms with Crippen molar-refractivity contribution in [3.05, 3.63) is 45.0 Å². The third-order valence-electron chi connectivity index (χ3n) is 5.08. The fourth-order valence-corrected chi connectivity index (χ4v) is 3.43. The topological polar surface area (TPSA) is 117 Å². The summed E-state index contributed by atoms with van der Waals surface area (Å²) in [6.45, 7) is 2.78. The summed E-state index contributed by atoms with van der Waals surface area (Å²) in [6.07, 6.45) is 1.93. The summed E-state index contributed by atoms with van der Waals surface area (Å²) in [5.41, 5.74) is 0.347. The first kappa shape index (κ1) is 18.8. The van der Waals surface area contributed by atoms with Crippen LogP contribution >= 0.6 is 0 Å². The Kier molecular flexibility index (Phi) is 4.65. The largest absolute Gasteiger partial charge is 0.471 e. The van der Waals surface area contributed by atoms with E-state index in [0.29, 0.717) is 25.4 Å². The molecule has 1 amide bonds. The third-order valence-corrected chi connectivity index (χ3v) is 5.08. The fraction of sp³-hybridized carbons (Fsp3) is 0.444. The molecule has 11 nitrogen and oxygen atoms in total. The van der Waals surface area contributed by atoms with Crippen molar-refractivity contribution >= 4 is 17.1 Å². The highest BCUT2D eigenvalue weighted by atomic mass is 16.5. The van der Waals surface area contributed by atoms with Crippen LogP contribution in [0.1, 0.15) is 12.1 Å². The summed E-state index contributed by atoms with van der Waals surface area (Å²) in [6, 6.07) is 3.57. The van der Waals surface area contributed by atoms with Crippen LogP contribution in [-0.4, -0.2) is 58.9 Å². The Morgan fingerprint density at radius 1 is 1.21 bits per heavy atom.